The van der Waals surface area contributed by atoms with Crippen LogP contribution >= 0.6 is 23.2 Å². The summed E-state index contributed by atoms with van der Waals surface area (Å²) in [5, 5.41) is 0.765. The number of aromatic nitrogens is 2. The highest BCUT2D eigenvalue weighted by atomic mass is 35.5. The number of rotatable bonds is 4. The van der Waals surface area contributed by atoms with Crippen LogP contribution in [0.25, 0.3) is 11.0 Å². The van der Waals surface area contributed by atoms with Gasteiger partial charge in [0.25, 0.3) is 0 Å². The van der Waals surface area contributed by atoms with Gasteiger partial charge in [-0.05, 0) is 36.0 Å². The van der Waals surface area contributed by atoms with Crippen molar-refractivity contribution >= 4 is 34.2 Å². The summed E-state index contributed by atoms with van der Waals surface area (Å²) in [4.78, 5) is 4.69. The first kappa shape index (κ1) is 13.3. The van der Waals surface area contributed by atoms with Crippen molar-refractivity contribution in [1.82, 2.24) is 9.55 Å². The Kier molecular flexibility index (Phi) is 3.26. The van der Waals surface area contributed by atoms with E-state index < -0.39 is 0 Å². The third-order valence-electron chi connectivity index (χ3n) is 4.23. The van der Waals surface area contributed by atoms with Crippen LogP contribution in [-0.4, -0.2) is 15.4 Å². The van der Waals surface area contributed by atoms with Crippen LogP contribution in [0.15, 0.2) is 18.2 Å². The van der Waals surface area contributed by atoms with Crippen molar-refractivity contribution in [3.8, 4) is 0 Å². The Morgan fingerprint density at radius 1 is 1.42 bits per heavy atom. The molecule has 1 aromatic carbocycles. The maximum atomic E-state index is 6.12. The molecular weight excluding hydrogens is 279 g/mol. The molecule has 1 saturated carbocycles. The standard InChI is InChI=1S/C15H18Cl2N2/c1-15(2)8-10(15)9-19-13-7-11(17)3-4-12(13)18-14(19)5-6-16/h3-4,7,10H,5-6,8-9H2,1-2H3. The summed E-state index contributed by atoms with van der Waals surface area (Å²) in [6.45, 7) is 5.67. The van der Waals surface area contributed by atoms with Gasteiger partial charge in [-0.15, -0.1) is 11.6 Å². The van der Waals surface area contributed by atoms with Crippen LogP contribution in [0.4, 0.5) is 0 Å². The molecule has 19 heavy (non-hydrogen) atoms. The molecule has 0 amide bonds. The highest BCUT2D eigenvalue weighted by Crippen LogP contribution is 2.52. The predicted molar refractivity (Wildman–Crippen MR) is 81.1 cm³/mol. The number of halogens is 2. The van der Waals surface area contributed by atoms with Crippen LogP contribution < -0.4 is 0 Å². The Hall–Kier alpha value is -0.730. The number of aryl methyl sites for hydroxylation is 1. The molecule has 1 heterocycles. The third kappa shape index (κ3) is 2.48. The predicted octanol–water partition coefficient (Wildman–Crippen LogP) is 4.52. The van der Waals surface area contributed by atoms with E-state index >= 15 is 0 Å². The molecule has 1 fully saturated rings. The number of fused-ring (bicyclic) bond motifs is 1. The fourth-order valence-electron chi connectivity index (χ4n) is 2.73. The first-order valence-electron chi connectivity index (χ1n) is 6.72. The van der Waals surface area contributed by atoms with E-state index in [0.717, 1.165) is 40.8 Å². The van der Waals surface area contributed by atoms with Crippen molar-refractivity contribution in [2.24, 2.45) is 11.3 Å². The second-order valence-electron chi connectivity index (χ2n) is 6.10. The fourth-order valence-corrected chi connectivity index (χ4v) is 3.07. The molecule has 0 radical (unpaired) electrons. The summed E-state index contributed by atoms with van der Waals surface area (Å²) in [5.41, 5.74) is 2.62. The number of benzene rings is 1. The van der Waals surface area contributed by atoms with Crippen molar-refractivity contribution in [2.45, 2.75) is 33.2 Å². The van der Waals surface area contributed by atoms with E-state index in [4.69, 9.17) is 28.2 Å². The van der Waals surface area contributed by atoms with E-state index in [1.807, 2.05) is 18.2 Å². The second-order valence-corrected chi connectivity index (χ2v) is 6.91. The molecule has 0 saturated heterocycles. The van der Waals surface area contributed by atoms with Crippen LogP contribution in [0.5, 0.6) is 0 Å². The number of hydrogen-bond acceptors (Lipinski definition) is 1. The van der Waals surface area contributed by atoms with Gasteiger partial charge in [-0.2, -0.15) is 0 Å². The Morgan fingerprint density at radius 2 is 2.16 bits per heavy atom. The van der Waals surface area contributed by atoms with Crippen molar-refractivity contribution in [2.75, 3.05) is 5.88 Å². The zero-order valence-corrected chi connectivity index (χ0v) is 12.8. The molecule has 3 rings (SSSR count). The molecule has 1 aliphatic rings. The van der Waals surface area contributed by atoms with Crippen LogP contribution in [0.2, 0.25) is 5.02 Å². The van der Waals surface area contributed by atoms with Crippen LogP contribution in [0, 0.1) is 11.3 Å². The summed E-state index contributed by atoms with van der Waals surface area (Å²) in [6.07, 6.45) is 2.09. The van der Waals surface area contributed by atoms with Gasteiger partial charge in [-0.3, -0.25) is 0 Å². The molecule has 102 valence electrons. The molecule has 2 nitrogen and oxygen atoms in total. The van der Waals surface area contributed by atoms with Gasteiger partial charge in [0.05, 0.1) is 11.0 Å². The minimum absolute atomic E-state index is 0.466. The van der Waals surface area contributed by atoms with Gasteiger partial charge in [-0.1, -0.05) is 25.4 Å². The normalized spacial score (nSPS) is 20.9. The van der Waals surface area contributed by atoms with E-state index in [1.54, 1.807) is 0 Å². The van der Waals surface area contributed by atoms with Crippen LogP contribution in [-0.2, 0) is 13.0 Å². The maximum Gasteiger partial charge on any atom is 0.111 e. The maximum absolute atomic E-state index is 6.12. The lowest BCUT2D eigenvalue weighted by atomic mass is 10.1. The molecule has 0 N–H and O–H groups in total. The highest BCUT2D eigenvalue weighted by molar-refractivity contribution is 6.31. The van der Waals surface area contributed by atoms with E-state index in [9.17, 15) is 0 Å². The average Bonchev–Trinajstić information content (AvgIpc) is 2.80. The monoisotopic (exact) mass is 296 g/mol. The molecule has 1 aliphatic carbocycles. The lowest BCUT2D eigenvalue weighted by Gasteiger charge is -2.10. The van der Waals surface area contributed by atoms with Crippen molar-refractivity contribution in [3.05, 3.63) is 29.0 Å². The summed E-state index contributed by atoms with van der Waals surface area (Å²) < 4.78 is 2.31. The molecule has 0 bridgehead atoms. The number of nitrogens with zero attached hydrogens (tertiary/aromatic N) is 2. The molecule has 0 spiro atoms. The van der Waals surface area contributed by atoms with Gasteiger partial charge in [0.15, 0.2) is 0 Å². The van der Waals surface area contributed by atoms with Crippen LogP contribution in [0.1, 0.15) is 26.1 Å². The molecular formula is C15H18Cl2N2. The van der Waals surface area contributed by atoms with E-state index in [1.165, 1.54) is 6.42 Å². The molecule has 2 aromatic rings. The molecule has 0 aliphatic heterocycles. The lowest BCUT2D eigenvalue weighted by Crippen LogP contribution is -2.08. The molecule has 1 unspecified atom stereocenters. The van der Waals surface area contributed by atoms with Gasteiger partial charge >= 0.3 is 0 Å². The van der Waals surface area contributed by atoms with Crippen molar-refractivity contribution < 1.29 is 0 Å². The Morgan fingerprint density at radius 3 is 2.79 bits per heavy atom. The molecule has 1 atom stereocenters. The summed E-state index contributed by atoms with van der Waals surface area (Å²) in [6, 6.07) is 5.90. The quantitative estimate of drug-likeness (QED) is 0.759. The zero-order valence-electron chi connectivity index (χ0n) is 11.3. The first-order valence-corrected chi connectivity index (χ1v) is 7.63. The average molecular weight is 297 g/mol. The van der Waals surface area contributed by atoms with E-state index in [-0.39, 0.29) is 0 Å². The van der Waals surface area contributed by atoms with Crippen LogP contribution in [0.3, 0.4) is 0 Å². The summed E-state index contributed by atoms with van der Waals surface area (Å²) in [7, 11) is 0. The lowest BCUT2D eigenvalue weighted by molar-refractivity contribution is 0.496. The Bertz CT molecular complexity index is 616. The van der Waals surface area contributed by atoms with Gasteiger partial charge < -0.3 is 4.57 Å². The number of hydrogen-bond donors (Lipinski definition) is 0. The number of imidazole rings is 1. The van der Waals surface area contributed by atoms with Gasteiger partial charge in [0, 0.05) is 23.9 Å². The minimum Gasteiger partial charge on any atom is -0.328 e. The third-order valence-corrected chi connectivity index (χ3v) is 4.65. The van der Waals surface area contributed by atoms with Gasteiger partial charge in [0.2, 0.25) is 0 Å². The number of alkyl halides is 1. The smallest absolute Gasteiger partial charge is 0.111 e. The highest BCUT2D eigenvalue weighted by Gasteiger charge is 2.45. The fraction of sp³-hybridized carbons (Fsp3) is 0.533. The van der Waals surface area contributed by atoms with Crippen molar-refractivity contribution in [3.63, 3.8) is 0 Å². The molecule has 1 aromatic heterocycles. The van der Waals surface area contributed by atoms with Gasteiger partial charge in [0.1, 0.15) is 5.82 Å². The topological polar surface area (TPSA) is 17.8 Å². The van der Waals surface area contributed by atoms with Crippen molar-refractivity contribution in [1.29, 1.82) is 0 Å². The Labute approximate surface area is 123 Å². The summed E-state index contributed by atoms with van der Waals surface area (Å²) in [5.74, 6) is 2.42. The Balaban J connectivity index is 2.02. The second kappa shape index (κ2) is 4.68. The largest absolute Gasteiger partial charge is 0.328 e. The first-order chi connectivity index (χ1) is 9.01. The van der Waals surface area contributed by atoms with E-state index in [0.29, 0.717) is 11.3 Å². The van der Waals surface area contributed by atoms with Gasteiger partial charge in [-0.25, -0.2) is 4.98 Å². The zero-order chi connectivity index (χ0) is 13.6. The van der Waals surface area contributed by atoms with E-state index in [2.05, 4.69) is 18.4 Å². The SMILES string of the molecule is CC1(C)CC1Cn1c(CCCl)nc2ccc(Cl)cc21. The minimum atomic E-state index is 0.466. The summed E-state index contributed by atoms with van der Waals surface area (Å²) >= 11 is 12.0. The molecule has 4 heteroatoms.